The maximum atomic E-state index is 5.87. The molecule has 0 fully saturated rings. The minimum atomic E-state index is -0.0609. The van der Waals surface area contributed by atoms with E-state index >= 15 is 0 Å². The summed E-state index contributed by atoms with van der Waals surface area (Å²) >= 11 is 3.58. The molecule has 1 aromatic rings. The minimum absolute atomic E-state index is 0.0132. The lowest BCUT2D eigenvalue weighted by Crippen LogP contribution is -2.56. The first-order chi connectivity index (χ1) is 8.96. The van der Waals surface area contributed by atoms with Crippen LogP contribution >= 0.6 is 15.9 Å². The Kier molecular flexibility index (Phi) is 5.98. The van der Waals surface area contributed by atoms with Crippen molar-refractivity contribution >= 4 is 15.9 Å². The van der Waals surface area contributed by atoms with Crippen molar-refractivity contribution in [1.29, 1.82) is 0 Å². The van der Waals surface area contributed by atoms with Crippen LogP contribution in [0.4, 0.5) is 0 Å². The van der Waals surface area contributed by atoms with Crippen LogP contribution in [0, 0.1) is 0 Å². The number of likely N-dealkylation sites (N-methyl/N-ethyl adjacent to an activating group) is 1. The number of nitrogens with zero attached hydrogens (tertiary/aromatic N) is 3. The van der Waals surface area contributed by atoms with Gasteiger partial charge in [0.1, 0.15) is 0 Å². The van der Waals surface area contributed by atoms with E-state index in [1.807, 2.05) is 17.9 Å². The number of hydrogen-bond acceptors (Lipinski definition) is 4. The van der Waals surface area contributed by atoms with E-state index in [0.717, 1.165) is 29.7 Å². The summed E-state index contributed by atoms with van der Waals surface area (Å²) in [6, 6.07) is 0.0132. The summed E-state index contributed by atoms with van der Waals surface area (Å²) in [6.45, 7) is 10.8. The lowest BCUT2D eigenvalue weighted by Gasteiger charge is -2.45. The molecule has 110 valence electrons. The summed E-state index contributed by atoms with van der Waals surface area (Å²) in [6.07, 6.45) is 2.82. The van der Waals surface area contributed by atoms with Crippen molar-refractivity contribution in [2.45, 2.75) is 45.7 Å². The zero-order valence-electron chi connectivity index (χ0n) is 12.6. The quantitative estimate of drug-likeness (QED) is 0.594. The number of rotatable bonds is 7. The van der Waals surface area contributed by atoms with Gasteiger partial charge in [-0.2, -0.15) is 5.10 Å². The van der Waals surface area contributed by atoms with Gasteiger partial charge in [-0.3, -0.25) is 15.4 Å². The average Bonchev–Trinajstić information content (AvgIpc) is 2.73. The van der Waals surface area contributed by atoms with Crippen molar-refractivity contribution in [2.24, 2.45) is 12.9 Å². The third-order valence-electron chi connectivity index (χ3n) is 4.20. The lowest BCUT2D eigenvalue weighted by molar-refractivity contribution is 0.0665. The predicted molar refractivity (Wildman–Crippen MR) is 82.6 cm³/mol. The topological polar surface area (TPSA) is 59.1 Å². The van der Waals surface area contributed by atoms with E-state index in [4.69, 9.17) is 5.84 Å². The zero-order valence-corrected chi connectivity index (χ0v) is 14.2. The Morgan fingerprint density at radius 2 is 2.05 bits per heavy atom. The molecule has 0 saturated heterocycles. The number of aryl methyl sites for hydroxylation is 1. The summed E-state index contributed by atoms with van der Waals surface area (Å²) in [5.41, 5.74) is 4.02. The van der Waals surface area contributed by atoms with Crippen LogP contribution in [0.3, 0.4) is 0 Å². The molecule has 5 nitrogen and oxygen atoms in total. The van der Waals surface area contributed by atoms with Crippen LogP contribution in [0.1, 0.15) is 45.9 Å². The van der Waals surface area contributed by atoms with Gasteiger partial charge in [0.2, 0.25) is 0 Å². The Morgan fingerprint density at radius 3 is 2.37 bits per heavy atom. The maximum absolute atomic E-state index is 5.87. The van der Waals surface area contributed by atoms with Crippen LogP contribution in [-0.2, 0) is 7.05 Å². The highest BCUT2D eigenvalue weighted by Crippen LogP contribution is 2.36. The molecular weight excluding hydrogens is 306 g/mol. The normalized spacial score (nSPS) is 16.6. The van der Waals surface area contributed by atoms with E-state index < -0.39 is 0 Å². The molecule has 0 aromatic carbocycles. The highest BCUT2D eigenvalue weighted by atomic mass is 79.9. The summed E-state index contributed by atoms with van der Waals surface area (Å²) in [7, 11) is 1.95. The number of hydrogen-bond donors (Lipinski definition) is 2. The second-order valence-corrected chi connectivity index (χ2v) is 5.84. The van der Waals surface area contributed by atoms with Gasteiger partial charge >= 0.3 is 0 Å². The number of nitrogens with one attached hydrogen (secondary N) is 1. The van der Waals surface area contributed by atoms with E-state index in [1.165, 1.54) is 0 Å². The minimum Gasteiger partial charge on any atom is -0.296 e. The van der Waals surface area contributed by atoms with E-state index in [9.17, 15) is 0 Å². The fraction of sp³-hybridized carbons (Fsp3) is 0.769. The fourth-order valence-electron chi connectivity index (χ4n) is 2.85. The monoisotopic (exact) mass is 331 g/mol. The number of halogens is 1. The third-order valence-corrected chi connectivity index (χ3v) is 4.81. The zero-order chi connectivity index (χ0) is 14.6. The second-order valence-electron chi connectivity index (χ2n) is 4.98. The van der Waals surface area contributed by atoms with Gasteiger partial charge < -0.3 is 0 Å². The highest BCUT2D eigenvalue weighted by molar-refractivity contribution is 9.10. The molecular formula is C13H26BrN5. The molecule has 3 N–H and O–H groups in total. The van der Waals surface area contributed by atoms with Crippen molar-refractivity contribution < 1.29 is 0 Å². The molecule has 0 spiro atoms. The largest absolute Gasteiger partial charge is 0.296 e. The molecule has 1 rings (SSSR count). The van der Waals surface area contributed by atoms with E-state index in [0.29, 0.717) is 0 Å². The van der Waals surface area contributed by atoms with Crippen LogP contribution < -0.4 is 11.3 Å². The van der Waals surface area contributed by atoms with Gasteiger partial charge in [-0.05, 0) is 42.4 Å². The van der Waals surface area contributed by atoms with Gasteiger partial charge in [-0.1, -0.05) is 20.8 Å². The molecule has 1 heterocycles. The van der Waals surface area contributed by atoms with Crippen molar-refractivity contribution in [3.63, 3.8) is 0 Å². The Morgan fingerprint density at radius 1 is 1.47 bits per heavy atom. The van der Waals surface area contributed by atoms with Gasteiger partial charge in [0, 0.05) is 12.6 Å². The Bertz CT molecular complexity index is 382. The smallest absolute Gasteiger partial charge is 0.0820 e. The molecule has 2 unspecified atom stereocenters. The summed E-state index contributed by atoms with van der Waals surface area (Å²) in [5.74, 6) is 5.87. The number of nitrogens with two attached hydrogens (primary N) is 1. The first-order valence-corrected chi connectivity index (χ1v) is 7.64. The first-order valence-electron chi connectivity index (χ1n) is 6.84. The summed E-state index contributed by atoms with van der Waals surface area (Å²) in [5, 5.41) is 4.30. The molecule has 0 aliphatic carbocycles. The van der Waals surface area contributed by atoms with E-state index in [2.05, 4.69) is 59.0 Å². The van der Waals surface area contributed by atoms with Crippen LogP contribution in [0.25, 0.3) is 0 Å². The van der Waals surface area contributed by atoms with Crippen LogP contribution in [0.15, 0.2) is 10.7 Å². The SMILES string of the molecule is CCN(CC)C(C)(CC)C(NN)c1c(Br)cnn1C. The number of hydrazine groups is 1. The molecule has 0 bridgehead atoms. The molecule has 19 heavy (non-hydrogen) atoms. The van der Waals surface area contributed by atoms with Gasteiger partial charge in [0.25, 0.3) is 0 Å². The molecule has 1 aromatic heterocycles. The standard InChI is InChI=1S/C13H26BrN5/c1-6-13(4,19(7-2)8-3)12(17-15)11-10(14)9-16-18(11)5/h9,12,17H,6-8,15H2,1-5H3. The maximum Gasteiger partial charge on any atom is 0.0820 e. The second kappa shape index (κ2) is 6.83. The third kappa shape index (κ3) is 3.02. The predicted octanol–water partition coefficient (Wildman–Crippen LogP) is 2.20. The fourth-order valence-corrected chi connectivity index (χ4v) is 3.43. The van der Waals surface area contributed by atoms with E-state index in [-0.39, 0.29) is 11.6 Å². The van der Waals surface area contributed by atoms with Crippen molar-refractivity contribution in [3.8, 4) is 0 Å². The van der Waals surface area contributed by atoms with Crippen molar-refractivity contribution in [1.82, 2.24) is 20.1 Å². The van der Waals surface area contributed by atoms with Gasteiger partial charge in [-0.25, -0.2) is 5.43 Å². The molecule has 0 saturated carbocycles. The molecule has 0 aliphatic heterocycles. The van der Waals surface area contributed by atoms with Crippen molar-refractivity contribution in [2.75, 3.05) is 13.1 Å². The summed E-state index contributed by atoms with van der Waals surface area (Å²) in [4.78, 5) is 2.44. The number of aromatic nitrogens is 2. The molecule has 0 radical (unpaired) electrons. The lowest BCUT2D eigenvalue weighted by atomic mass is 9.85. The van der Waals surface area contributed by atoms with Gasteiger partial charge in [0.05, 0.1) is 22.4 Å². The van der Waals surface area contributed by atoms with Crippen LogP contribution in [-0.4, -0.2) is 33.3 Å². The Balaban J connectivity index is 3.26. The van der Waals surface area contributed by atoms with Crippen molar-refractivity contribution in [3.05, 3.63) is 16.4 Å². The average molecular weight is 332 g/mol. The first kappa shape index (κ1) is 16.6. The molecule has 6 heteroatoms. The molecule has 0 aliphatic rings. The van der Waals surface area contributed by atoms with Crippen LogP contribution in [0.2, 0.25) is 0 Å². The van der Waals surface area contributed by atoms with Crippen LogP contribution in [0.5, 0.6) is 0 Å². The van der Waals surface area contributed by atoms with Gasteiger partial charge in [0.15, 0.2) is 0 Å². The Hall–Kier alpha value is -0.430. The van der Waals surface area contributed by atoms with Gasteiger partial charge in [-0.15, -0.1) is 0 Å². The molecule has 0 amide bonds. The highest BCUT2D eigenvalue weighted by Gasteiger charge is 2.39. The Labute approximate surface area is 124 Å². The summed E-state index contributed by atoms with van der Waals surface area (Å²) < 4.78 is 2.87. The van der Waals surface area contributed by atoms with E-state index in [1.54, 1.807) is 0 Å². The molecule has 2 atom stereocenters.